The molecule has 150 valence electrons. The molecule has 0 aliphatic heterocycles. The van der Waals surface area contributed by atoms with Crippen molar-refractivity contribution < 1.29 is 14.5 Å². The van der Waals surface area contributed by atoms with Crippen LogP contribution in [-0.4, -0.2) is 23.0 Å². The van der Waals surface area contributed by atoms with E-state index in [9.17, 15) is 19.7 Å². The lowest BCUT2D eigenvalue weighted by Gasteiger charge is -2.10. The maximum atomic E-state index is 12.5. The van der Waals surface area contributed by atoms with Crippen molar-refractivity contribution in [3.05, 3.63) is 105 Å². The van der Waals surface area contributed by atoms with Crippen LogP contribution < -0.4 is 10.7 Å². The van der Waals surface area contributed by atoms with Gasteiger partial charge in [0.2, 0.25) is 0 Å². The van der Waals surface area contributed by atoms with Gasteiger partial charge in [0.15, 0.2) is 0 Å². The molecule has 0 spiro atoms. The van der Waals surface area contributed by atoms with E-state index in [2.05, 4.69) is 15.8 Å². The number of nitrogens with zero attached hydrogens (tertiary/aromatic N) is 2. The van der Waals surface area contributed by atoms with E-state index < -0.39 is 16.7 Å². The first-order valence-electron chi connectivity index (χ1n) is 8.68. The molecule has 0 fully saturated rings. The van der Waals surface area contributed by atoms with Crippen LogP contribution in [0, 0.1) is 10.1 Å². The summed E-state index contributed by atoms with van der Waals surface area (Å²) in [7, 11) is 0. The monoisotopic (exact) mass is 422 g/mol. The molecule has 9 heteroatoms. The van der Waals surface area contributed by atoms with E-state index in [-0.39, 0.29) is 11.3 Å². The Labute approximate surface area is 176 Å². The van der Waals surface area contributed by atoms with Gasteiger partial charge in [-0.05, 0) is 36.4 Å². The number of rotatable bonds is 6. The van der Waals surface area contributed by atoms with Gasteiger partial charge in [-0.3, -0.25) is 19.7 Å². The number of nitrogens with one attached hydrogen (secondary N) is 2. The van der Waals surface area contributed by atoms with Gasteiger partial charge < -0.3 is 5.32 Å². The molecule has 0 saturated heterocycles. The fraction of sp³-hybridized carbons (Fsp3) is 0. The van der Waals surface area contributed by atoms with E-state index in [1.807, 2.05) is 0 Å². The molecule has 0 bridgehead atoms. The topological polar surface area (TPSA) is 114 Å². The van der Waals surface area contributed by atoms with Gasteiger partial charge in [-0.2, -0.15) is 5.10 Å². The third-order valence-electron chi connectivity index (χ3n) is 3.99. The van der Waals surface area contributed by atoms with Gasteiger partial charge in [-0.15, -0.1) is 0 Å². The van der Waals surface area contributed by atoms with Crippen LogP contribution in [0.3, 0.4) is 0 Å². The summed E-state index contributed by atoms with van der Waals surface area (Å²) in [5.74, 6) is -0.948. The summed E-state index contributed by atoms with van der Waals surface area (Å²) in [4.78, 5) is 35.2. The minimum Gasteiger partial charge on any atom is -0.321 e. The number of nitro benzene ring substituents is 1. The van der Waals surface area contributed by atoms with E-state index >= 15 is 0 Å². The summed E-state index contributed by atoms with van der Waals surface area (Å²) in [6.45, 7) is 0. The number of anilines is 1. The second-order valence-electron chi connectivity index (χ2n) is 6.06. The number of amides is 2. The molecule has 0 saturated carbocycles. The normalized spacial score (nSPS) is 10.6. The lowest BCUT2D eigenvalue weighted by molar-refractivity contribution is -0.384. The number of carbonyl (C=O) groups is 2. The standard InChI is InChI=1S/C21H15ClN4O4/c22-16-10-8-15(9-11-16)20(27)24-19-7-2-1-6-18(19)21(28)25-23-13-14-4-3-5-17(12-14)26(29)30/h1-13H,(H,24,27)(H,25,28). The van der Waals surface area contributed by atoms with E-state index in [4.69, 9.17) is 11.6 Å². The van der Waals surface area contributed by atoms with Crippen molar-refractivity contribution in [3.8, 4) is 0 Å². The average molecular weight is 423 g/mol. The van der Waals surface area contributed by atoms with Crippen LogP contribution in [0.5, 0.6) is 0 Å². The van der Waals surface area contributed by atoms with Crippen molar-refractivity contribution in [1.82, 2.24) is 5.43 Å². The zero-order valence-electron chi connectivity index (χ0n) is 15.4. The highest BCUT2D eigenvalue weighted by Crippen LogP contribution is 2.17. The Balaban J connectivity index is 1.71. The van der Waals surface area contributed by atoms with E-state index in [1.165, 1.54) is 30.5 Å². The first-order chi connectivity index (χ1) is 14.4. The fourth-order valence-electron chi connectivity index (χ4n) is 2.53. The molecule has 0 aliphatic carbocycles. The molecule has 0 atom stereocenters. The van der Waals surface area contributed by atoms with E-state index in [1.54, 1.807) is 48.5 Å². The summed E-state index contributed by atoms with van der Waals surface area (Å²) < 4.78 is 0. The number of carbonyl (C=O) groups excluding carboxylic acids is 2. The van der Waals surface area contributed by atoms with Crippen LogP contribution in [0.4, 0.5) is 11.4 Å². The Kier molecular flexibility index (Phi) is 6.51. The van der Waals surface area contributed by atoms with Crippen molar-refractivity contribution in [1.29, 1.82) is 0 Å². The van der Waals surface area contributed by atoms with Crippen LogP contribution in [0.1, 0.15) is 26.3 Å². The van der Waals surface area contributed by atoms with Crippen LogP contribution in [0.15, 0.2) is 77.9 Å². The lowest BCUT2D eigenvalue weighted by atomic mass is 10.1. The Morgan fingerprint density at radius 2 is 1.70 bits per heavy atom. The molecule has 2 N–H and O–H groups in total. The molecule has 0 aliphatic rings. The Hall–Kier alpha value is -4.04. The second-order valence-corrected chi connectivity index (χ2v) is 6.49. The van der Waals surface area contributed by atoms with Gasteiger partial charge in [-0.1, -0.05) is 35.9 Å². The fourth-order valence-corrected chi connectivity index (χ4v) is 2.66. The zero-order valence-corrected chi connectivity index (χ0v) is 16.2. The smallest absolute Gasteiger partial charge is 0.273 e. The van der Waals surface area contributed by atoms with Gasteiger partial charge in [0.1, 0.15) is 0 Å². The van der Waals surface area contributed by atoms with Crippen molar-refractivity contribution in [2.24, 2.45) is 5.10 Å². The molecule has 8 nitrogen and oxygen atoms in total. The number of hydrogen-bond acceptors (Lipinski definition) is 5. The van der Waals surface area contributed by atoms with Gasteiger partial charge in [0.25, 0.3) is 17.5 Å². The van der Waals surface area contributed by atoms with Gasteiger partial charge >= 0.3 is 0 Å². The predicted octanol–water partition coefficient (Wildman–Crippen LogP) is 4.26. The number of hydrazone groups is 1. The molecule has 3 aromatic carbocycles. The maximum absolute atomic E-state index is 12.5. The molecule has 3 rings (SSSR count). The third-order valence-corrected chi connectivity index (χ3v) is 4.24. The Morgan fingerprint density at radius 3 is 2.43 bits per heavy atom. The minimum absolute atomic E-state index is 0.0828. The molecular weight excluding hydrogens is 408 g/mol. The number of para-hydroxylation sites is 1. The number of halogens is 1. The molecule has 3 aromatic rings. The summed E-state index contributed by atoms with van der Waals surface area (Å²) in [6, 6.07) is 18.6. The number of hydrogen-bond donors (Lipinski definition) is 2. The molecule has 0 heterocycles. The summed E-state index contributed by atoms with van der Waals surface area (Å²) in [5.41, 5.74) is 3.62. The van der Waals surface area contributed by atoms with Crippen molar-refractivity contribution in [2.45, 2.75) is 0 Å². The summed E-state index contributed by atoms with van der Waals surface area (Å²) in [5, 5.41) is 17.8. The molecule has 0 aromatic heterocycles. The highest BCUT2D eigenvalue weighted by atomic mass is 35.5. The summed E-state index contributed by atoms with van der Waals surface area (Å²) in [6.07, 6.45) is 1.29. The zero-order chi connectivity index (χ0) is 21.5. The molecule has 0 radical (unpaired) electrons. The Bertz CT molecular complexity index is 1130. The van der Waals surface area contributed by atoms with Crippen LogP contribution in [0.2, 0.25) is 5.02 Å². The van der Waals surface area contributed by atoms with Gasteiger partial charge in [-0.25, -0.2) is 5.43 Å². The predicted molar refractivity (Wildman–Crippen MR) is 114 cm³/mol. The highest BCUT2D eigenvalue weighted by molar-refractivity contribution is 6.30. The lowest BCUT2D eigenvalue weighted by Crippen LogP contribution is -2.21. The van der Waals surface area contributed by atoms with Crippen molar-refractivity contribution in [3.63, 3.8) is 0 Å². The Morgan fingerprint density at radius 1 is 0.967 bits per heavy atom. The first kappa shape index (κ1) is 20.7. The van der Waals surface area contributed by atoms with Crippen LogP contribution in [0.25, 0.3) is 0 Å². The van der Waals surface area contributed by atoms with Crippen molar-refractivity contribution >= 4 is 41.0 Å². The molecular formula is C21H15ClN4O4. The van der Waals surface area contributed by atoms with E-state index in [0.717, 1.165) is 0 Å². The quantitative estimate of drug-likeness (QED) is 0.351. The largest absolute Gasteiger partial charge is 0.321 e. The maximum Gasteiger partial charge on any atom is 0.273 e. The minimum atomic E-state index is -0.552. The highest BCUT2D eigenvalue weighted by Gasteiger charge is 2.14. The molecule has 0 unspecified atom stereocenters. The number of non-ortho nitro benzene ring substituents is 1. The number of nitro groups is 1. The first-order valence-corrected chi connectivity index (χ1v) is 9.05. The van der Waals surface area contributed by atoms with Crippen LogP contribution >= 0.6 is 11.6 Å². The second kappa shape index (κ2) is 9.44. The molecule has 2 amide bonds. The number of benzene rings is 3. The molecule has 30 heavy (non-hydrogen) atoms. The van der Waals surface area contributed by atoms with Gasteiger partial charge in [0.05, 0.1) is 22.4 Å². The average Bonchev–Trinajstić information content (AvgIpc) is 2.74. The summed E-state index contributed by atoms with van der Waals surface area (Å²) >= 11 is 5.83. The van der Waals surface area contributed by atoms with Gasteiger partial charge in [0, 0.05) is 28.3 Å². The SMILES string of the molecule is O=C(Nc1ccccc1C(=O)NN=Cc1cccc([N+](=O)[O-])c1)c1ccc(Cl)cc1. The van der Waals surface area contributed by atoms with E-state index in [0.29, 0.717) is 21.8 Å². The van der Waals surface area contributed by atoms with Crippen LogP contribution in [-0.2, 0) is 0 Å². The van der Waals surface area contributed by atoms with Crippen molar-refractivity contribution in [2.75, 3.05) is 5.32 Å². The third kappa shape index (κ3) is 5.27.